The first-order chi connectivity index (χ1) is 19.3. The lowest BCUT2D eigenvalue weighted by atomic mass is 10.0. The van der Waals surface area contributed by atoms with Crippen molar-refractivity contribution in [2.45, 2.75) is 32.9 Å². The highest BCUT2D eigenvalue weighted by Crippen LogP contribution is 2.24. The van der Waals surface area contributed by atoms with Gasteiger partial charge in [-0.1, -0.05) is 78.3 Å². The zero-order valence-electron chi connectivity index (χ0n) is 23.1. The van der Waals surface area contributed by atoms with Gasteiger partial charge in [0.1, 0.15) is 12.6 Å². The minimum atomic E-state index is -4.04. The second-order valence-corrected chi connectivity index (χ2v) is 12.9. The van der Waals surface area contributed by atoms with Crippen LogP contribution in [0.25, 0.3) is 0 Å². The number of benzene rings is 3. The Balaban J connectivity index is 2.07. The van der Waals surface area contributed by atoms with Crippen molar-refractivity contribution in [1.29, 1.82) is 0 Å². The normalized spacial score (nSPS) is 12.0. The Bertz CT molecular complexity index is 1480. The molecule has 3 aromatic rings. The first-order valence-corrected chi connectivity index (χ1v) is 15.6. The molecule has 0 aromatic heterocycles. The molecule has 3 aromatic carbocycles. The first kappa shape index (κ1) is 31.8. The lowest BCUT2D eigenvalue weighted by molar-refractivity contribution is -0.384. The fourth-order valence-electron chi connectivity index (χ4n) is 4.18. The third-order valence-electron chi connectivity index (χ3n) is 6.21. The number of nitro groups is 1. The van der Waals surface area contributed by atoms with Crippen LogP contribution in [0.2, 0.25) is 0 Å². The van der Waals surface area contributed by atoms with Crippen LogP contribution in [-0.2, 0) is 32.6 Å². The van der Waals surface area contributed by atoms with E-state index < -0.39 is 33.4 Å². The number of anilines is 1. The predicted molar refractivity (Wildman–Crippen MR) is 162 cm³/mol. The molecule has 2 amide bonds. The third-order valence-corrected chi connectivity index (χ3v) is 7.84. The molecule has 0 aliphatic heterocycles. The summed E-state index contributed by atoms with van der Waals surface area (Å²) in [6, 6.07) is 20.6. The fourth-order valence-corrected chi connectivity index (χ4v) is 5.47. The number of nitrogens with zero attached hydrogens (tertiary/aromatic N) is 3. The molecule has 218 valence electrons. The van der Waals surface area contributed by atoms with Gasteiger partial charge in [-0.25, -0.2) is 8.42 Å². The van der Waals surface area contributed by atoms with Crippen LogP contribution in [-0.4, -0.2) is 55.4 Å². The Hall–Kier alpha value is -3.77. The van der Waals surface area contributed by atoms with E-state index in [-0.39, 0.29) is 36.2 Å². The van der Waals surface area contributed by atoms with Gasteiger partial charge in [-0.2, -0.15) is 0 Å². The number of nitro benzene ring substituents is 1. The second kappa shape index (κ2) is 14.2. The summed E-state index contributed by atoms with van der Waals surface area (Å²) >= 11 is 3.44. The molecular formula is C29H33BrN4O6S. The predicted octanol–water partition coefficient (Wildman–Crippen LogP) is 4.54. The first-order valence-electron chi connectivity index (χ1n) is 12.9. The largest absolute Gasteiger partial charge is 0.354 e. The summed E-state index contributed by atoms with van der Waals surface area (Å²) in [5.74, 6) is -0.838. The van der Waals surface area contributed by atoms with Crippen LogP contribution >= 0.6 is 15.9 Å². The van der Waals surface area contributed by atoms with Crippen LogP contribution in [0.15, 0.2) is 83.3 Å². The van der Waals surface area contributed by atoms with Crippen LogP contribution in [0.4, 0.5) is 11.4 Å². The minimum absolute atomic E-state index is 0.0252. The van der Waals surface area contributed by atoms with Crippen molar-refractivity contribution in [2.24, 2.45) is 5.92 Å². The van der Waals surface area contributed by atoms with Crippen molar-refractivity contribution >= 4 is 49.1 Å². The number of halogens is 1. The lowest BCUT2D eigenvalue weighted by Crippen LogP contribution is -2.53. The van der Waals surface area contributed by atoms with Crippen molar-refractivity contribution < 1.29 is 22.9 Å². The van der Waals surface area contributed by atoms with E-state index in [1.807, 2.05) is 62.4 Å². The Labute approximate surface area is 248 Å². The molecule has 0 heterocycles. The Kier molecular flexibility index (Phi) is 11.0. The van der Waals surface area contributed by atoms with E-state index in [1.54, 1.807) is 6.07 Å². The van der Waals surface area contributed by atoms with Gasteiger partial charge in [0.15, 0.2) is 0 Å². The van der Waals surface area contributed by atoms with Crippen LogP contribution in [0.3, 0.4) is 0 Å². The molecule has 0 radical (unpaired) electrons. The molecule has 1 N–H and O–H groups in total. The zero-order valence-corrected chi connectivity index (χ0v) is 25.5. The Morgan fingerprint density at radius 3 is 2.24 bits per heavy atom. The van der Waals surface area contributed by atoms with Gasteiger partial charge in [0.25, 0.3) is 5.69 Å². The van der Waals surface area contributed by atoms with Crippen LogP contribution in [0.1, 0.15) is 25.0 Å². The van der Waals surface area contributed by atoms with Gasteiger partial charge in [0, 0.05) is 36.1 Å². The van der Waals surface area contributed by atoms with Crippen molar-refractivity contribution in [1.82, 2.24) is 10.2 Å². The maximum atomic E-state index is 14.1. The van der Waals surface area contributed by atoms with Gasteiger partial charge in [0.2, 0.25) is 21.8 Å². The Morgan fingerprint density at radius 1 is 0.976 bits per heavy atom. The number of nitrogens with one attached hydrogen (secondary N) is 1. The molecule has 0 unspecified atom stereocenters. The van der Waals surface area contributed by atoms with Gasteiger partial charge in [0.05, 0.1) is 16.9 Å². The van der Waals surface area contributed by atoms with E-state index in [1.165, 1.54) is 23.1 Å². The van der Waals surface area contributed by atoms with E-state index in [9.17, 15) is 28.1 Å². The maximum Gasteiger partial charge on any atom is 0.271 e. The molecule has 0 bridgehead atoms. The molecule has 12 heteroatoms. The van der Waals surface area contributed by atoms with E-state index >= 15 is 0 Å². The van der Waals surface area contributed by atoms with Gasteiger partial charge >= 0.3 is 0 Å². The van der Waals surface area contributed by atoms with Crippen LogP contribution in [0.5, 0.6) is 0 Å². The molecule has 41 heavy (non-hydrogen) atoms. The number of amides is 2. The summed E-state index contributed by atoms with van der Waals surface area (Å²) in [5.41, 5.74) is 1.21. The quantitative estimate of drug-likeness (QED) is 0.215. The average Bonchev–Trinajstić information content (AvgIpc) is 2.92. The molecule has 0 saturated carbocycles. The third kappa shape index (κ3) is 9.39. The highest BCUT2D eigenvalue weighted by Gasteiger charge is 2.33. The van der Waals surface area contributed by atoms with Crippen molar-refractivity contribution in [3.63, 3.8) is 0 Å². The molecule has 10 nitrogen and oxygen atoms in total. The zero-order chi connectivity index (χ0) is 30.2. The highest BCUT2D eigenvalue weighted by atomic mass is 79.9. The number of non-ortho nitro benzene ring substituents is 1. The van der Waals surface area contributed by atoms with Crippen molar-refractivity contribution in [2.75, 3.05) is 23.7 Å². The smallest absolute Gasteiger partial charge is 0.271 e. The van der Waals surface area contributed by atoms with E-state index in [0.717, 1.165) is 32.2 Å². The number of hydrogen-bond acceptors (Lipinski definition) is 6. The summed E-state index contributed by atoms with van der Waals surface area (Å²) < 4.78 is 27.3. The van der Waals surface area contributed by atoms with Crippen molar-refractivity contribution in [3.8, 4) is 0 Å². The molecule has 0 aliphatic carbocycles. The van der Waals surface area contributed by atoms with Crippen LogP contribution < -0.4 is 9.62 Å². The summed E-state index contributed by atoms with van der Waals surface area (Å²) in [4.78, 5) is 39.7. The molecule has 0 fully saturated rings. The fraction of sp³-hybridized carbons (Fsp3) is 0.310. The van der Waals surface area contributed by atoms with Gasteiger partial charge in [-0.3, -0.25) is 24.0 Å². The molecule has 3 rings (SSSR count). The summed E-state index contributed by atoms with van der Waals surface area (Å²) in [6.07, 6.45) is 1.12. The lowest BCUT2D eigenvalue weighted by Gasteiger charge is -2.33. The van der Waals surface area contributed by atoms with Gasteiger partial charge in [-0.05, 0) is 35.2 Å². The molecule has 0 spiro atoms. The molecule has 1 atom stereocenters. The standard InChI is InChI=1S/C29H33BrN4O6S/c1-21(2)18-31-29(36)27(16-22-9-5-4-6-10-22)32(19-23-11-7-12-24(30)15-23)28(35)20-33(41(3,39)40)25-13-8-14-26(17-25)34(37)38/h4-15,17,21,27H,16,18-20H2,1-3H3,(H,31,36)/t27-/m0/s1. The maximum absolute atomic E-state index is 14.1. The SMILES string of the molecule is CC(C)CNC(=O)[C@H](Cc1ccccc1)N(Cc1cccc(Br)c1)C(=O)CN(c1cccc([N+](=O)[O-])c1)S(C)(=O)=O. The van der Waals surface area contributed by atoms with Crippen molar-refractivity contribution in [3.05, 3.63) is 105 Å². The monoisotopic (exact) mass is 644 g/mol. The van der Waals surface area contributed by atoms with E-state index in [0.29, 0.717) is 6.54 Å². The van der Waals surface area contributed by atoms with E-state index in [4.69, 9.17) is 0 Å². The average molecular weight is 646 g/mol. The minimum Gasteiger partial charge on any atom is -0.354 e. The molecular weight excluding hydrogens is 612 g/mol. The van der Waals surface area contributed by atoms with E-state index in [2.05, 4.69) is 21.2 Å². The highest BCUT2D eigenvalue weighted by molar-refractivity contribution is 9.10. The summed E-state index contributed by atoms with van der Waals surface area (Å²) in [6.45, 7) is 3.68. The number of carbonyl (C=O) groups excluding carboxylic acids is 2. The van der Waals surface area contributed by atoms with Gasteiger partial charge < -0.3 is 10.2 Å². The summed E-state index contributed by atoms with van der Waals surface area (Å²) in [5, 5.41) is 14.3. The Morgan fingerprint density at radius 2 is 1.63 bits per heavy atom. The second-order valence-electron chi connectivity index (χ2n) is 10.0. The number of rotatable bonds is 13. The van der Waals surface area contributed by atoms with Gasteiger partial charge in [-0.15, -0.1) is 0 Å². The van der Waals surface area contributed by atoms with Crippen LogP contribution in [0, 0.1) is 16.0 Å². The molecule has 0 aliphatic rings. The summed E-state index contributed by atoms with van der Waals surface area (Å²) in [7, 11) is -4.04. The number of carbonyl (C=O) groups is 2. The number of sulfonamides is 1. The molecule has 0 saturated heterocycles. The topological polar surface area (TPSA) is 130 Å². The number of hydrogen-bond donors (Lipinski definition) is 1.